The number of aromatic nitrogens is 2. The zero-order valence-electron chi connectivity index (χ0n) is 12.0. The van der Waals surface area contributed by atoms with Gasteiger partial charge < -0.3 is 5.32 Å². The van der Waals surface area contributed by atoms with E-state index in [9.17, 15) is 0 Å². The van der Waals surface area contributed by atoms with Gasteiger partial charge in [0.2, 0.25) is 0 Å². The van der Waals surface area contributed by atoms with Gasteiger partial charge in [-0.2, -0.15) is 5.10 Å². The zero-order valence-corrected chi connectivity index (χ0v) is 12.0. The summed E-state index contributed by atoms with van der Waals surface area (Å²) in [6.45, 7) is 7.93. The average molecular weight is 249 g/mol. The van der Waals surface area contributed by atoms with Crippen molar-refractivity contribution in [2.45, 2.75) is 65.0 Å². The Labute approximate surface area is 111 Å². The predicted octanol–water partition coefficient (Wildman–Crippen LogP) is 3.17. The molecule has 1 aromatic heterocycles. The minimum absolute atomic E-state index is 0.575. The van der Waals surface area contributed by atoms with E-state index in [1.807, 2.05) is 0 Å². The Bertz CT molecular complexity index is 354. The quantitative estimate of drug-likeness (QED) is 0.868. The Kier molecular flexibility index (Phi) is 4.81. The van der Waals surface area contributed by atoms with Crippen LogP contribution in [-0.2, 0) is 6.42 Å². The molecule has 0 aromatic carbocycles. The molecule has 2 unspecified atom stereocenters. The zero-order chi connectivity index (χ0) is 13.0. The lowest BCUT2D eigenvalue weighted by molar-refractivity contribution is 0.310. The fraction of sp³-hybridized carbons (Fsp3) is 0.800. The summed E-state index contributed by atoms with van der Waals surface area (Å²) in [7, 11) is 0. The Balaban J connectivity index is 1.93. The summed E-state index contributed by atoms with van der Waals surface area (Å²) >= 11 is 0. The molecule has 1 aliphatic heterocycles. The lowest BCUT2D eigenvalue weighted by Gasteiger charge is -2.27. The molecule has 2 heterocycles. The van der Waals surface area contributed by atoms with Gasteiger partial charge in [0.15, 0.2) is 0 Å². The fourth-order valence-electron chi connectivity index (χ4n) is 3.07. The van der Waals surface area contributed by atoms with E-state index in [-0.39, 0.29) is 0 Å². The van der Waals surface area contributed by atoms with E-state index in [0.29, 0.717) is 12.1 Å². The highest BCUT2D eigenvalue weighted by Gasteiger charge is 2.19. The number of hydrogen-bond acceptors (Lipinski definition) is 2. The minimum Gasteiger partial charge on any atom is -0.314 e. The minimum atomic E-state index is 0.575. The Morgan fingerprint density at radius 2 is 2.22 bits per heavy atom. The summed E-state index contributed by atoms with van der Waals surface area (Å²) in [5.41, 5.74) is 1.28. The third-order valence-electron chi connectivity index (χ3n) is 4.21. The van der Waals surface area contributed by atoms with Crippen LogP contribution < -0.4 is 5.32 Å². The van der Waals surface area contributed by atoms with Crippen LogP contribution in [0, 0.1) is 5.92 Å². The van der Waals surface area contributed by atoms with Crippen LogP contribution in [0.1, 0.15) is 58.2 Å². The summed E-state index contributed by atoms with van der Waals surface area (Å²) < 4.78 is 2.17. The van der Waals surface area contributed by atoms with Gasteiger partial charge in [-0.25, -0.2) is 0 Å². The molecule has 0 saturated carbocycles. The normalized spacial score (nSPS) is 24.7. The lowest BCUT2D eigenvalue weighted by Crippen LogP contribution is -2.36. The van der Waals surface area contributed by atoms with Crippen LogP contribution in [0.5, 0.6) is 0 Å². The van der Waals surface area contributed by atoms with Crippen LogP contribution in [0.3, 0.4) is 0 Å². The summed E-state index contributed by atoms with van der Waals surface area (Å²) in [5.74, 6) is 0.811. The van der Waals surface area contributed by atoms with Crippen molar-refractivity contribution in [1.82, 2.24) is 15.1 Å². The second-order valence-corrected chi connectivity index (χ2v) is 5.71. The van der Waals surface area contributed by atoms with Crippen molar-refractivity contribution >= 4 is 0 Å². The van der Waals surface area contributed by atoms with Crippen LogP contribution >= 0.6 is 0 Å². The summed E-state index contributed by atoms with van der Waals surface area (Å²) in [6.07, 6.45) is 8.24. The van der Waals surface area contributed by atoms with Crippen molar-refractivity contribution in [3.63, 3.8) is 0 Å². The molecule has 1 aromatic rings. The van der Waals surface area contributed by atoms with Crippen molar-refractivity contribution in [2.24, 2.45) is 5.92 Å². The third-order valence-corrected chi connectivity index (χ3v) is 4.21. The second kappa shape index (κ2) is 6.37. The molecular formula is C15H27N3. The standard InChI is InChI=1S/C15H27N3/c1-4-15(5-2)18-9-7-14(17-18)11-13-6-8-16-12(3)10-13/h7,9,12-13,15-16H,4-6,8,10-11H2,1-3H3. The first kappa shape index (κ1) is 13.6. The second-order valence-electron chi connectivity index (χ2n) is 5.71. The molecule has 0 radical (unpaired) electrons. The summed E-state index contributed by atoms with van der Waals surface area (Å²) in [4.78, 5) is 0. The average Bonchev–Trinajstić information content (AvgIpc) is 2.79. The number of nitrogens with zero attached hydrogens (tertiary/aromatic N) is 2. The van der Waals surface area contributed by atoms with Gasteiger partial charge in [-0.3, -0.25) is 4.68 Å². The summed E-state index contributed by atoms with van der Waals surface area (Å²) in [6, 6.07) is 3.46. The molecule has 0 bridgehead atoms. The largest absolute Gasteiger partial charge is 0.314 e. The molecule has 3 heteroatoms. The molecule has 0 spiro atoms. The molecule has 2 rings (SSSR count). The fourth-order valence-corrected chi connectivity index (χ4v) is 3.07. The van der Waals surface area contributed by atoms with E-state index >= 15 is 0 Å². The Hall–Kier alpha value is -0.830. The van der Waals surface area contributed by atoms with E-state index in [2.05, 4.69) is 43.0 Å². The smallest absolute Gasteiger partial charge is 0.0627 e. The van der Waals surface area contributed by atoms with E-state index < -0.39 is 0 Å². The number of hydrogen-bond donors (Lipinski definition) is 1. The molecule has 102 valence electrons. The van der Waals surface area contributed by atoms with Crippen molar-refractivity contribution in [3.05, 3.63) is 18.0 Å². The van der Waals surface area contributed by atoms with Crippen molar-refractivity contribution in [1.29, 1.82) is 0 Å². The molecule has 0 aliphatic carbocycles. The first-order valence-electron chi connectivity index (χ1n) is 7.50. The molecule has 1 N–H and O–H groups in total. The number of rotatable bonds is 5. The highest BCUT2D eigenvalue weighted by Crippen LogP contribution is 2.21. The molecule has 1 saturated heterocycles. The van der Waals surface area contributed by atoms with Gasteiger partial charge in [0.25, 0.3) is 0 Å². The van der Waals surface area contributed by atoms with Gasteiger partial charge in [0.1, 0.15) is 0 Å². The molecule has 0 amide bonds. The maximum absolute atomic E-state index is 4.77. The first-order valence-corrected chi connectivity index (χ1v) is 7.50. The van der Waals surface area contributed by atoms with Gasteiger partial charge in [-0.1, -0.05) is 13.8 Å². The van der Waals surface area contributed by atoms with E-state index in [1.54, 1.807) is 0 Å². The van der Waals surface area contributed by atoms with Gasteiger partial charge >= 0.3 is 0 Å². The van der Waals surface area contributed by atoms with Crippen LogP contribution in [-0.4, -0.2) is 22.4 Å². The van der Waals surface area contributed by atoms with Crippen molar-refractivity contribution in [3.8, 4) is 0 Å². The van der Waals surface area contributed by atoms with Crippen LogP contribution in [0.4, 0.5) is 0 Å². The predicted molar refractivity (Wildman–Crippen MR) is 75.7 cm³/mol. The number of nitrogens with one attached hydrogen (secondary N) is 1. The van der Waals surface area contributed by atoms with Gasteiger partial charge in [0.05, 0.1) is 11.7 Å². The first-order chi connectivity index (χ1) is 8.72. The van der Waals surface area contributed by atoms with E-state index in [0.717, 1.165) is 12.3 Å². The lowest BCUT2D eigenvalue weighted by atomic mass is 9.89. The maximum Gasteiger partial charge on any atom is 0.0627 e. The van der Waals surface area contributed by atoms with Gasteiger partial charge in [-0.15, -0.1) is 0 Å². The molecule has 2 atom stereocenters. The monoisotopic (exact) mass is 249 g/mol. The Morgan fingerprint density at radius 1 is 1.44 bits per heavy atom. The molecule has 1 aliphatic rings. The molecular weight excluding hydrogens is 222 g/mol. The van der Waals surface area contributed by atoms with Crippen molar-refractivity contribution < 1.29 is 0 Å². The van der Waals surface area contributed by atoms with Crippen LogP contribution in [0.2, 0.25) is 0 Å². The molecule has 18 heavy (non-hydrogen) atoms. The van der Waals surface area contributed by atoms with Crippen molar-refractivity contribution in [2.75, 3.05) is 6.54 Å². The van der Waals surface area contributed by atoms with Gasteiger partial charge in [-0.05, 0) is 57.6 Å². The topological polar surface area (TPSA) is 29.9 Å². The highest BCUT2D eigenvalue weighted by atomic mass is 15.3. The van der Waals surface area contributed by atoms with Crippen LogP contribution in [0.25, 0.3) is 0 Å². The van der Waals surface area contributed by atoms with E-state index in [1.165, 1.54) is 37.9 Å². The number of piperidine rings is 1. The maximum atomic E-state index is 4.77. The highest BCUT2D eigenvalue weighted by molar-refractivity contribution is 5.02. The summed E-state index contributed by atoms with van der Waals surface area (Å²) in [5, 5.41) is 8.28. The van der Waals surface area contributed by atoms with Crippen LogP contribution in [0.15, 0.2) is 12.3 Å². The van der Waals surface area contributed by atoms with E-state index in [4.69, 9.17) is 5.10 Å². The van der Waals surface area contributed by atoms with Gasteiger partial charge in [0, 0.05) is 12.2 Å². The SMILES string of the molecule is CCC(CC)n1ccc(CC2CCNC(C)C2)n1. The third kappa shape index (κ3) is 3.35. The molecule has 3 nitrogen and oxygen atoms in total. The Morgan fingerprint density at radius 3 is 2.89 bits per heavy atom. The molecule has 1 fully saturated rings.